The molecule has 6 heteroatoms. The third-order valence-electron chi connectivity index (χ3n) is 4.58. The highest BCUT2D eigenvalue weighted by atomic mass is 32.2. The molecule has 25 heavy (non-hydrogen) atoms. The first-order valence-corrected chi connectivity index (χ1v) is 10.2. The summed E-state index contributed by atoms with van der Waals surface area (Å²) in [5.41, 5.74) is 1.79. The number of aryl methyl sites for hydroxylation is 1. The highest BCUT2D eigenvalue weighted by Crippen LogP contribution is 2.36. The second kappa shape index (κ2) is 6.77. The third-order valence-corrected chi connectivity index (χ3v) is 6.60. The Morgan fingerprint density at radius 2 is 2.16 bits per heavy atom. The number of hydrogen-bond donors (Lipinski definition) is 1. The normalized spacial score (nSPS) is 16.8. The number of carbonyl (C=O) groups is 1. The van der Waals surface area contributed by atoms with Gasteiger partial charge in [0.2, 0.25) is 0 Å². The van der Waals surface area contributed by atoms with Gasteiger partial charge in [0.15, 0.2) is 10.9 Å². The summed E-state index contributed by atoms with van der Waals surface area (Å²) in [7, 11) is 0. The van der Waals surface area contributed by atoms with Gasteiger partial charge in [-0.1, -0.05) is 49.0 Å². The molecule has 1 atom stereocenters. The molecule has 0 saturated carbocycles. The molecule has 1 aliphatic rings. The second-order valence-electron chi connectivity index (χ2n) is 6.48. The number of nitrogens with zero attached hydrogens (tertiary/aromatic N) is 1. The van der Waals surface area contributed by atoms with Crippen LogP contribution in [0.4, 0.5) is 0 Å². The number of hydrogen-bond acceptors (Lipinski definition) is 5. The van der Waals surface area contributed by atoms with E-state index >= 15 is 0 Å². The molecule has 0 unspecified atom stereocenters. The van der Waals surface area contributed by atoms with E-state index in [-0.39, 0.29) is 17.1 Å². The first-order chi connectivity index (χ1) is 12.1. The predicted octanol–water partition coefficient (Wildman–Crippen LogP) is 4.08. The van der Waals surface area contributed by atoms with E-state index in [9.17, 15) is 9.59 Å². The number of Topliss-reactive ketones (excluding diaryl/α,β-unsaturated/α-hetero) is 1. The van der Waals surface area contributed by atoms with E-state index in [1.165, 1.54) is 22.2 Å². The van der Waals surface area contributed by atoms with Crippen LogP contribution in [0, 0.1) is 5.92 Å². The van der Waals surface area contributed by atoms with Gasteiger partial charge in [-0.15, -0.1) is 11.3 Å². The molecule has 128 valence electrons. The number of benzene rings is 1. The van der Waals surface area contributed by atoms with E-state index in [0.717, 1.165) is 29.5 Å². The Balaban J connectivity index is 1.59. The molecule has 0 amide bonds. The number of rotatable bonds is 4. The molecule has 4 nitrogen and oxygen atoms in total. The third kappa shape index (κ3) is 3.28. The van der Waals surface area contributed by atoms with Crippen molar-refractivity contribution in [3.63, 3.8) is 0 Å². The fourth-order valence-electron chi connectivity index (χ4n) is 3.24. The number of ketones is 1. The van der Waals surface area contributed by atoms with Crippen LogP contribution in [0.1, 0.15) is 34.1 Å². The summed E-state index contributed by atoms with van der Waals surface area (Å²) in [6.07, 6.45) is 3.12. The highest BCUT2D eigenvalue weighted by molar-refractivity contribution is 7.99. The van der Waals surface area contributed by atoms with Crippen molar-refractivity contribution in [3.05, 3.63) is 56.7 Å². The summed E-state index contributed by atoms with van der Waals surface area (Å²) in [6.45, 7) is 2.25. The lowest BCUT2D eigenvalue weighted by Gasteiger charge is -2.17. The van der Waals surface area contributed by atoms with Crippen molar-refractivity contribution < 1.29 is 4.79 Å². The second-order valence-corrected chi connectivity index (χ2v) is 8.53. The maximum atomic E-state index is 12.5. The minimum Gasteiger partial charge on any atom is -0.301 e. The molecule has 3 aromatic rings. The maximum absolute atomic E-state index is 12.5. The number of thiophene rings is 1. The van der Waals surface area contributed by atoms with Crippen molar-refractivity contribution in [2.24, 2.45) is 5.92 Å². The molecule has 0 aliphatic heterocycles. The van der Waals surface area contributed by atoms with Crippen LogP contribution in [0.25, 0.3) is 10.2 Å². The lowest BCUT2D eigenvalue weighted by atomic mass is 9.89. The average molecular weight is 370 g/mol. The highest BCUT2D eigenvalue weighted by Gasteiger charge is 2.23. The van der Waals surface area contributed by atoms with Crippen molar-refractivity contribution >= 4 is 39.1 Å². The van der Waals surface area contributed by atoms with Gasteiger partial charge < -0.3 is 4.98 Å². The van der Waals surface area contributed by atoms with Gasteiger partial charge in [-0.25, -0.2) is 4.98 Å². The van der Waals surface area contributed by atoms with Crippen LogP contribution < -0.4 is 5.56 Å². The Morgan fingerprint density at radius 3 is 2.96 bits per heavy atom. The van der Waals surface area contributed by atoms with Crippen molar-refractivity contribution in [1.82, 2.24) is 9.97 Å². The lowest BCUT2D eigenvalue weighted by Crippen LogP contribution is -2.13. The molecule has 0 fully saturated rings. The van der Waals surface area contributed by atoms with Gasteiger partial charge >= 0.3 is 0 Å². The number of fused-ring (bicyclic) bond motifs is 3. The SMILES string of the molecule is C[C@@H]1CCc2c(sc3nc(SCC(=O)c4ccccc4)[nH]c(=O)c23)C1. The molecular formula is C19H18N2O2S2. The molecule has 4 rings (SSSR count). The van der Waals surface area contributed by atoms with Gasteiger partial charge in [0.05, 0.1) is 11.1 Å². The molecule has 1 aliphatic carbocycles. The average Bonchev–Trinajstić information content (AvgIpc) is 2.98. The molecule has 1 N–H and O–H groups in total. The van der Waals surface area contributed by atoms with Crippen LogP contribution in [0.15, 0.2) is 40.3 Å². The fraction of sp³-hybridized carbons (Fsp3) is 0.316. The summed E-state index contributed by atoms with van der Waals surface area (Å²) in [4.78, 5) is 34.3. The number of carbonyl (C=O) groups excluding carboxylic acids is 1. The van der Waals surface area contributed by atoms with Gasteiger partial charge in [-0.3, -0.25) is 9.59 Å². The van der Waals surface area contributed by atoms with Crippen LogP contribution in [0.2, 0.25) is 0 Å². The van der Waals surface area contributed by atoms with E-state index in [1.54, 1.807) is 23.5 Å². The Bertz CT molecular complexity index is 992. The molecule has 0 bridgehead atoms. The molecule has 0 radical (unpaired) electrons. The summed E-state index contributed by atoms with van der Waals surface area (Å²) in [5.74, 6) is 0.963. The number of nitrogens with one attached hydrogen (secondary N) is 1. The van der Waals surface area contributed by atoms with Gasteiger partial charge in [-0.05, 0) is 30.7 Å². The zero-order chi connectivity index (χ0) is 17.4. The number of aromatic nitrogens is 2. The summed E-state index contributed by atoms with van der Waals surface area (Å²) in [6, 6.07) is 9.19. The Kier molecular flexibility index (Phi) is 4.48. The van der Waals surface area contributed by atoms with Crippen LogP contribution in [0.3, 0.4) is 0 Å². The number of H-pyrrole nitrogens is 1. The largest absolute Gasteiger partial charge is 0.301 e. The Morgan fingerprint density at radius 1 is 1.36 bits per heavy atom. The standard InChI is InChI=1S/C19H18N2O2S2/c1-11-7-8-13-15(9-11)25-18-16(13)17(23)20-19(21-18)24-10-14(22)12-5-3-2-4-6-12/h2-6,11H,7-10H2,1H3,(H,20,21,23)/t11-/m1/s1. The maximum Gasteiger partial charge on any atom is 0.260 e. The fourth-order valence-corrected chi connectivity index (χ4v) is 5.44. The van der Waals surface area contributed by atoms with Crippen molar-refractivity contribution in [2.45, 2.75) is 31.3 Å². The first kappa shape index (κ1) is 16.5. The summed E-state index contributed by atoms with van der Waals surface area (Å²) < 4.78 is 0. The van der Waals surface area contributed by atoms with E-state index in [4.69, 9.17) is 0 Å². The molecule has 2 aromatic heterocycles. The quantitative estimate of drug-likeness (QED) is 0.427. The van der Waals surface area contributed by atoms with Gasteiger partial charge in [0.25, 0.3) is 5.56 Å². The Hall–Kier alpha value is -1.92. The topological polar surface area (TPSA) is 62.8 Å². The van der Waals surface area contributed by atoms with Gasteiger partial charge in [0, 0.05) is 10.4 Å². The van der Waals surface area contributed by atoms with Gasteiger partial charge in [-0.2, -0.15) is 0 Å². The van der Waals surface area contributed by atoms with E-state index < -0.39 is 0 Å². The van der Waals surface area contributed by atoms with Crippen LogP contribution in [-0.2, 0) is 12.8 Å². The number of thioether (sulfide) groups is 1. The Labute approximate surface area is 153 Å². The smallest absolute Gasteiger partial charge is 0.260 e. The minimum absolute atomic E-state index is 0.0349. The van der Waals surface area contributed by atoms with Crippen molar-refractivity contribution in [3.8, 4) is 0 Å². The molecular weight excluding hydrogens is 352 g/mol. The molecule has 1 aromatic carbocycles. The van der Waals surface area contributed by atoms with Crippen LogP contribution >= 0.6 is 23.1 Å². The van der Waals surface area contributed by atoms with Crippen molar-refractivity contribution in [1.29, 1.82) is 0 Å². The molecule has 0 spiro atoms. The molecule has 2 heterocycles. The van der Waals surface area contributed by atoms with E-state index in [2.05, 4.69) is 16.9 Å². The first-order valence-electron chi connectivity index (χ1n) is 8.37. The monoisotopic (exact) mass is 370 g/mol. The summed E-state index contributed by atoms with van der Waals surface area (Å²) >= 11 is 2.92. The van der Waals surface area contributed by atoms with Crippen LogP contribution in [0.5, 0.6) is 0 Å². The van der Waals surface area contributed by atoms with Crippen molar-refractivity contribution in [2.75, 3.05) is 5.75 Å². The zero-order valence-electron chi connectivity index (χ0n) is 13.9. The minimum atomic E-state index is -0.0771. The number of aromatic amines is 1. The summed E-state index contributed by atoms with van der Waals surface area (Å²) in [5, 5.41) is 1.28. The zero-order valence-corrected chi connectivity index (χ0v) is 15.5. The predicted molar refractivity (Wildman–Crippen MR) is 103 cm³/mol. The lowest BCUT2D eigenvalue weighted by molar-refractivity contribution is 0.102. The van der Waals surface area contributed by atoms with Crippen LogP contribution in [-0.4, -0.2) is 21.5 Å². The van der Waals surface area contributed by atoms with E-state index in [1.807, 2.05) is 18.2 Å². The molecule has 0 saturated heterocycles. The van der Waals surface area contributed by atoms with E-state index in [0.29, 0.717) is 16.6 Å². The van der Waals surface area contributed by atoms with Gasteiger partial charge in [0.1, 0.15) is 4.83 Å².